The third-order valence-electron chi connectivity index (χ3n) is 5.50. The van der Waals surface area contributed by atoms with E-state index in [1.54, 1.807) is 16.8 Å². The highest BCUT2D eigenvalue weighted by Gasteiger charge is 2.37. The number of carbonyl (C=O) groups excluding carboxylic acids is 1. The second-order valence-electron chi connectivity index (χ2n) is 7.63. The summed E-state index contributed by atoms with van der Waals surface area (Å²) in [5, 5.41) is 5.16. The first-order valence-corrected chi connectivity index (χ1v) is 10.4. The number of fused-ring (bicyclic) bond motifs is 1. The minimum absolute atomic E-state index is 0.188. The molecule has 0 N–H and O–H groups in total. The number of hydrogen-bond donors (Lipinski definition) is 0. The molecule has 9 heteroatoms. The molecule has 0 saturated carbocycles. The van der Waals surface area contributed by atoms with Crippen molar-refractivity contribution in [3.63, 3.8) is 0 Å². The van der Waals surface area contributed by atoms with Crippen LogP contribution in [0.15, 0.2) is 48.5 Å². The van der Waals surface area contributed by atoms with Gasteiger partial charge in [0.2, 0.25) is 0 Å². The van der Waals surface area contributed by atoms with E-state index in [0.717, 1.165) is 22.9 Å². The zero-order chi connectivity index (χ0) is 22.9. The van der Waals surface area contributed by atoms with Crippen molar-refractivity contribution < 1.29 is 22.7 Å². The number of rotatable bonds is 5. The first-order valence-electron chi connectivity index (χ1n) is 10.1. The second-order valence-corrected chi connectivity index (χ2v) is 8.07. The molecule has 0 atom stereocenters. The van der Waals surface area contributed by atoms with Gasteiger partial charge in [-0.3, -0.25) is 9.48 Å². The van der Waals surface area contributed by atoms with E-state index < -0.39 is 17.6 Å². The third kappa shape index (κ3) is 4.66. The summed E-state index contributed by atoms with van der Waals surface area (Å²) in [4.78, 5) is 14.4. The molecule has 0 radical (unpaired) electrons. The van der Waals surface area contributed by atoms with Gasteiger partial charge in [-0.1, -0.05) is 35.9 Å². The molecule has 0 fully saturated rings. The molecule has 3 aromatic rings. The summed E-state index contributed by atoms with van der Waals surface area (Å²) >= 11 is 5.89. The minimum atomic E-state index is -4.60. The molecular weight excluding hydrogens is 443 g/mol. The van der Waals surface area contributed by atoms with Crippen LogP contribution in [0.1, 0.15) is 38.4 Å². The summed E-state index contributed by atoms with van der Waals surface area (Å²) in [6.07, 6.45) is -4.09. The number of halogens is 4. The zero-order valence-electron chi connectivity index (χ0n) is 17.3. The van der Waals surface area contributed by atoms with E-state index >= 15 is 0 Å². The van der Waals surface area contributed by atoms with Crippen molar-refractivity contribution >= 4 is 17.5 Å². The Morgan fingerprint density at radius 2 is 1.84 bits per heavy atom. The van der Waals surface area contributed by atoms with Crippen LogP contribution in [-0.4, -0.2) is 27.1 Å². The molecule has 2 heterocycles. The number of ether oxygens (including phenoxy) is 1. The van der Waals surface area contributed by atoms with Crippen LogP contribution in [0.4, 0.5) is 13.2 Å². The van der Waals surface area contributed by atoms with Crippen molar-refractivity contribution in [2.75, 3.05) is 6.54 Å². The highest BCUT2D eigenvalue weighted by molar-refractivity contribution is 6.30. The van der Waals surface area contributed by atoms with Gasteiger partial charge in [0.25, 0.3) is 5.91 Å². The van der Waals surface area contributed by atoms with Gasteiger partial charge in [0, 0.05) is 42.8 Å². The van der Waals surface area contributed by atoms with E-state index in [2.05, 4.69) is 5.10 Å². The lowest BCUT2D eigenvalue weighted by Crippen LogP contribution is -2.37. The van der Waals surface area contributed by atoms with Crippen molar-refractivity contribution in [3.05, 3.63) is 87.2 Å². The van der Waals surface area contributed by atoms with Crippen LogP contribution < -0.4 is 0 Å². The Balaban J connectivity index is 1.50. The Hall–Kier alpha value is -2.84. The van der Waals surface area contributed by atoms with Crippen LogP contribution in [0.25, 0.3) is 0 Å². The molecule has 0 spiro atoms. The van der Waals surface area contributed by atoms with E-state index in [4.69, 9.17) is 16.3 Å². The molecule has 5 nitrogen and oxygen atoms in total. The number of benzene rings is 2. The van der Waals surface area contributed by atoms with Gasteiger partial charge in [-0.05, 0) is 29.8 Å². The predicted molar refractivity (Wildman–Crippen MR) is 113 cm³/mol. The summed E-state index contributed by atoms with van der Waals surface area (Å²) < 4.78 is 47.7. The quantitative estimate of drug-likeness (QED) is 0.534. The molecule has 32 heavy (non-hydrogen) atoms. The standard InChI is InChI=1S/C23H21ClF3N3O2/c1-29-21-10-11-30(22(31)17-4-2-3-5-19(17)23(25,26)27)12-18(21)20(28-29)14-32-13-15-6-8-16(24)9-7-15/h2-9H,10-14H2,1H3. The molecule has 0 aliphatic carbocycles. The summed E-state index contributed by atoms with van der Waals surface area (Å²) in [6, 6.07) is 12.2. The maximum absolute atomic E-state index is 13.4. The fourth-order valence-corrected chi connectivity index (χ4v) is 4.02. The smallest absolute Gasteiger partial charge is 0.370 e. The Morgan fingerprint density at radius 3 is 2.56 bits per heavy atom. The monoisotopic (exact) mass is 463 g/mol. The molecule has 1 amide bonds. The van der Waals surface area contributed by atoms with Gasteiger partial charge in [0.1, 0.15) is 0 Å². The Labute approximate surface area is 188 Å². The second kappa shape index (κ2) is 8.96. The van der Waals surface area contributed by atoms with Gasteiger partial charge in [0.05, 0.1) is 30.0 Å². The number of hydrogen-bond acceptors (Lipinski definition) is 3. The number of nitrogens with zero attached hydrogens (tertiary/aromatic N) is 3. The first-order chi connectivity index (χ1) is 15.2. The number of aryl methyl sites for hydroxylation is 1. The van der Waals surface area contributed by atoms with Gasteiger partial charge in [-0.2, -0.15) is 18.3 Å². The molecule has 0 bridgehead atoms. The van der Waals surface area contributed by atoms with Gasteiger partial charge >= 0.3 is 6.18 Å². The molecule has 1 aliphatic rings. The Morgan fingerprint density at radius 1 is 1.12 bits per heavy atom. The maximum atomic E-state index is 13.4. The van der Waals surface area contributed by atoms with Crippen LogP contribution in [0, 0.1) is 0 Å². The summed E-state index contributed by atoms with van der Waals surface area (Å²) in [6.45, 7) is 1.10. The van der Waals surface area contributed by atoms with Crippen molar-refractivity contribution in [1.82, 2.24) is 14.7 Å². The lowest BCUT2D eigenvalue weighted by Gasteiger charge is -2.28. The highest BCUT2D eigenvalue weighted by Crippen LogP contribution is 2.33. The van der Waals surface area contributed by atoms with E-state index in [0.29, 0.717) is 30.3 Å². The van der Waals surface area contributed by atoms with Crippen LogP contribution in [-0.2, 0) is 44.1 Å². The Kier molecular flexibility index (Phi) is 6.26. The van der Waals surface area contributed by atoms with Gasteiger partial charge in [-0.25, -0.2) is 0 Å². The number of amides is 1. The zero-order valence-corrected chi connectivity index (χ0v) is 18.1. The first kappa shape index (κ1) is 22.4. The van der Waals surface area contributed by atoms with Crippen molar-refractivity contribution in [2.24, 2.45) is 7.05 Å². The van der Waals surface area contributed by atoms with Crippen molar-refractivity contribution in [1.29, 1.82) is 0 Å². The number of alkyl halides is 3. The lowest BCUT2D eigenvalue weighted by molar-refractivity contribution is -0.138. The molecule has 1 aliphatic heterocycles. The fraction of sp³-hybridized carbons (Fsp3) is 0.304. The average Bonchev–Trinajstić information content (AvgIpc) is 3.09. The largest absolute Gasteiger partial charge is 0.417 e. The number of aromatic nitrogens is 2. The molecule has 4 rings (SSSR count). The van der Waals surface area contributed by atoms with E-state index in [1.807, 2.05) is 19.2 Å². The fourth-order valence-electron chi connectivity index (χ4n) is 3.89. The molecule has 2 aromatic carbocycles. The molecule has 1 aromatic heterocycles. The van der Waals surface area contributed by atoms with Crippen molar-refractivity contribution in [3.8, 4) is 0 Å². The molecule has 0 unspecified atom stereocenters. The molecular formula is C23H21ClF3N3O2. The van der Waals surface area contributed by atoms with Crippen LogP contribution in [0.2, 0.25) is 5.02 Å². The summed E-state index contributed by atoms with van der Waals surface area (Å²) in [5.41, 5.74) is 2.16. The molecule has 0 saturated heterocycles. The molecule has 168 valence electrons. The normalized spacial score (nSPS) is 13.8. The van der Waals surface area contributed by atoms with E-state index in [9.17, 15) is 18.0 Å². The minimum Gasteiger partial charge on any atom is -0.370 e. The maximum Gasteiger partial charge on any atom is 0.417 e. The summed E-state index contributed by atoms with van der Waals surface area (Å²) in [7, 11) is 1.82. The third-order valence-corrected chi connectivity index (χ3v) is 5.75. The predicted octanol–water partition coefficient (Wildman–Crippen LogP) is 5.01. The van der Waals surface area contributed by atoms with E-state index in [1.165, 1.54) is 23.1 Å². The van der Waals surface area contributed by atoms with Gasteiger partial charge < -0.3 is 9.64 Å². The van der Waals surface area contributed by atoms with Gasteiger partial charge in [0.15, 0.2) is 0 Å². The van der Waals surface area contributed by atoms with Gasteiger partial charge in [-0.15, -0.1) is 0 Å². The van der Waals surface area contributed by atoms with E-state index in [-0.39, 0.29) is 18.7 Å². The number of carbonyl (C=O) groups is 1. The van der Waals surface area contributed by atoms with Crippen LogP contribution in [0.3, 0.4) is 0 Å². The van der Waals surface area contributed by atoms with Crippen LogP contribution in [0.5, 0.6) is 0 Å². The SMILES string of the molecule is Cn1nc(COCc2ccc(Cl)cc2)c2c1CCN(C(=O)c1ccccc1C(F)(F)F)C2. The highest BCUT2D eigenvalue weighted by atomic mass is 35.5. The van der Waals surface area contributed by atoms with Crippen LogP contribution >= 0.6 is 11.6 Å². The lowest BCUT2D eigenvalue weighted by atomic mass is 10.0. The topological polar surface area (TPSA) is 47.4 Å². The van der Waals surface area contributed by atoms with Crippen molar-refractivity contribution in [2.45, 2.75) is 32.4 Å². The summed E-state index contributed by atoms with van der Waals surface area (Å²) in [5.74, 6) is -0.638. The average molecular weight is 464 g/mol. The Bertz CT molecular complexity index is 1130.